The fourth-order valence-corrected chi connectivity index (χ4v) is 6.11. The minimum atomic E-state index is -2.68. The molecule has 0 spiro atoms. The minimum Gasteiger partial charge on any atom is -0.454 e. The maximum absolute atomic E-state index is 12.9. The molecule has 4 saturated carbocycles. The average Bonchev–Trinajstić information content (AvgIpc) is 2.58. The largest absolute Gasteiger partial charge is 0.454 e. The average molecular weight is 381 g/mol. The summed E-state index contributed by atoms with van der Waals surface area (Å²) in [5.41, 5.74) is -0.346. The number of carbonyl (C=O) groups is 2. The van der Waals surface area contributed by atoms with Crippen molar-refractivity contribution in [2.24, 2.45) is 23.2 Å². The van der Waals surface area contributed by atoms with E-state index in [0.29, 0.717) is 17.8 Å². The Kier molecular flexibility index (Phi) is 4.75. The molecule has 4 fully saturated rings. The zero-order chi connectivity index (χ0) is 18.3. The molecule has 0 saturated heterocycles. The van der Waals surface area contributed by atoms with Gasteiger partial charge in [0.05, 0.1) is 5.56 Å². The molecule has 4 aliphatic rings. The van der Waals surface area contributed by atoms with Gasteiger partial charge in [0.25, 0.3) is 5.76 Å². The van der Waals surface area contributed by atoms with Gasteiger partial charge in [-0.1, -0.05) is 0 Å². The van der Waals surface area contributed by atoms with E-state index in [1.54, 1.807) is 0 Å². The maximum atomic E-state index is 12.9. The smallest absolute Gasteiger partial charge is 0.341 e. The Balaban J connectivity index is 1.42. The molecule has 0 amide bonds. The summed E-state index contributed by atoms with van der Waals surface area (Å²) in [4.78, 5) is 29.0. The summed E-state index contributed by atoms with van der Waals surface area (Å²) in [5, 5.41) is -0.0743. The Morgan fingerprint density at radius 1 is 1.19 bits per heavy atom. The molecule has 1 heterocycles. The van der Waals surface area contributed by atoms with E-state index in [9.17, 15) is 18.4 Å². The number of esters is 1. The van der Waals surface area contributed by atoms with Crippen LogP contribution in [0.2, 0.25) is 0 Å². The molecule has 4 nitrogen and oxygen atoms in total. The molecule has 1 aromatic rings. The summed E-state index contributed by atoms with van der Waals surface area (Å²) in [5.74, 6) is -1.55. The Morgan fingerprint density at radius 3 is 2.38 bits per heavy atom. The lowest BCUT2D eigenvalue weighted by Gasteiger charge is -2.55. The van der Waals surface area contributed by atoms with Gasteiger partial charge in [-0.2, -0.15) is 8.78 Å². The number of alkyl halides is 2. The van der Waals surface area contributed by atoms with Gasteiger partial charge in [-0.3, -0.25) is 4.79 Å². The van der Waals surface area contributed by atoms with E-state index in [1.807, 2.05) is 0 Å². The third-order valence-corrected chi connectivity index (χ3v) is 6.88. The second kappa shape index (κ2) is 6.91. The second-order valence-corrected chi connectivity index (χ2v) is 8.91. The van der Waals surface area contributed by atoms with Crippen molar-refractivity contribution in [2.45, 2.75) is 49.3 Å². The molecule has 0 atom stereocenters. The van der Waals surface area contributed by atoms with Crippen molar-refractivity contribution in [3.8, 4) is 0 Å². The highest BCUT2D eigenvalue weighted by molar-refractivity contribution is 7.99. The fourth-order valence-electron chi connectivity index (χ4n) is 5.54. The number of ketones is 1. The molecular weight excluding hydrogens is 360 g/mol. The zero-order valence-electron chi connectivity index (χ0n) is 14.3. The number of halogens is 2. The summed E-state index contributed by atoms with van der Waals surface area (Å²) in [7, 11) is 0. The monoisotopic (exact) mass is 381 g/mol. The number of hydrogen-bond donors (Lipinski definition) is 0. The number of thioether (sulfide) groups is 1. The Bertz CT molecular complexity index is 689. The highest BCUT2D eigenvalue weighted by Crippen LogP contribution is 2.60. The second-order valence-electron chi connectivity index (χ2n) is 7.93. The highest BCUT2D eigenvalue weighted by Gasteiger charge is 2.54. The number of pyridine rings is 1. The highest BCUT2D eigenvalue weighted by atomic mass is 32.2. The van der Waals surface area contributed by atoms with Crippen LogP contribution in [0, 0.1) is 23.2 Å². The van der Waals surface area contributed by atoms with Gasteiger partial charge in [-0.25, -0.2) is 9.78 Å². The van der Waals surface area contributed by atoms with Crippen molar-refractivity contribution in [3.05, 3.63) is 23.9 Å². The number of hydrogen-bond acceptors (Lipinski definition) is 5. The van der Waals surface area contributed by atoms with Gasteiger partial charge in [0.2, 0.25) is 0 Å². The first-order valence-corrected chi connectivity index (χ1v) is 9.93. The summed E-state index contributed by atoms with van der Waals surface area (Å²) in [6.07, 6.45) is 7.78. The number of ether oxygens (including phenoxy) is 1. The molecule has 4 aliphatic carbocycles. The topological polar surface area (TPSA) is 56.3 Å². The van der Waals surface area contributed by atoms with E-state index < -0.39 is 11.7 Å². The normalized spacial score (nSPS) is 32.0. The van der Waals surface area contributed by atoms with Crippen molar-refractivity contribution in [1.82, 2.24) is 4.98 Å². The fraction of sp³-hybridized carbons (Fsp3) is 0.632. The molecule has 26 heavy (non-hydrogen) atoms. The van der Waals surface area contributed by atoms with Crippen LogP contribution in [0.5, 0.6) is 0 Å². The molecule has 0 unspecified atom stereocenters. The first-order valence-electron chi connectivity index (χ1n) is 9.05. The quantitative estimate of drug-likeness (QED) is 0.542. The summed E-state index contributed by atoms with van der Waals surface area (Å²) >= 11 is 0.205. The van der Waals surface area contributed by atoms with Crippen molar-refractivity contribution in [2.75, 3.05) is 6.61 Å². The zero-order valence-corrected chi connectivity index (χ0v) is 15.1. The van der Waals surface area contributed by atoms with Crippen LogP contribution in [0.3, 0.4) is 0 Å². The maximum Gasteiger partial charge on any atom is 0.341 e. The summed E-state index contributed by atoms with van der Waals surface area (Å²) in [6.45, 7) is -0.279. The van der Waals surface area contributed by atoms with Crippen LogP contribution in [0.4, 0.5) is 8.78 Å². The van der Waals surface area contributed by atoms with Gasteiger partial charge in [-0.05, 0) is 80.2 Å². The van der Waals surface area contributed by atoms with Crippen molar-refractivity contribution in [1.29, 1.82) is 0 Å². The van der Waals surface area contributed by atoms with E-state index in [1.165, 1.54) is 37.6 Å². The Morgan fingerprint density at radius 2 is 1.81 bits per heavy atom. The van der Waals surface area contributed by atoms with Gasteiger partial charge in [-0.15, -0.1) is 0 Å². The van der Waals surface area contributed by atoms with E-state index in [-0.39, 0.29) is 40.2 Å². The molecule has 0 aliphatic heterocycles. The molecule has 1 aromatic heterocycles. The van der Waals surface area contributed by atoms with E-state index in [2.05, 4.69) is 4.98 Å². The van der Waals surface area contributed by atoms with Gasteiger partial charge < -0.3 is 4.74 Å². The van der Waals surface area contributed by atoms with Crippen molar-refractivity contribution >= 4 is 23.5 Å². The number of rotatable bonds is 6. The molecule has 4 bridgehead atoms. The lowest BCUT2D eigenvalue weighted by atomic mass is 9.48. The van der Waals surface area contributed by atoms with Crippen LogP contribution in [-0.4, -0.2) is 29.1 Å². The SMILES string of the molecule is O=C(OCC(=O)C12CC3CC(CC(C3)C1)C2)c1cccnc1SC(F)F. The van der Waals surface area contributed by atoms with Crippen LogP contribution in [0.1, 0.15) is 48.9 Å². The van der Waals surface area contributed by atoms with Gasteiger partial charge in [0, 0.05) is 11.6 Å². The first kappa shape index (κ1) is 17.9. The number of nitrogens with zero attached hydrogens (tertiary/aromatic N) is 1. The van der Waals surface area contributed by atoms with Gasteiger partial charge in [0.1, 0.15) is 5.03 Å². The molecular formula is C19H21F2NO3S. The van der Waals surface area contributed by atoms with Crippen LogP contribution >= 0.6 is 11.8 Å². The van der Waals surface area contributed by atoms with E-state index >= 15 is 0 Å². The van der Waals surface area contributed by atoms with E-state index in [0.717, 1.165) is 19.3 Å². The number of Topliss-reactive ketones (excluding diaryl/α,β-unsaturated/α-hetero) is 1. The minimum absolute atomic E-state index is 0.00287. The summed E-state index contributed by atoms with van der Waals surface area (Å²) < 4.78 is 30.5. The van der Waals surface area contributed by atoms with Crippen LogP contribution in [0.15, 0.2) is 23.4 Å². The third kappa shape index (κ3) is 3.38. The molecule has 0 N–H and O–H groups in total. The Labute approximate surface area is 155 Å². The lowest BCUT2D eigenvalue weighted by Crippen LogP contribution is -2.51. The number of aromatic nitrogens is 1. The molecule has 140 valence electrons. The first-order chi connectivity index (χ1) is 12.4. The van der Waals surface area contributed by atoms with Crippen LogP contribution in [0.25, 0.3) is 0 Å². The number of carbonyl (C=O) groups excluding carboxylic acids is 2. The predicted octanol–water partition coefficient (Wildman–Crippen LogP) is 4.34. The van der Waals surface area contributed by atoms with Gasteiger partial charge >= 0.3 is 5.97 Å². The van der Waals surface area contributed by atoms with Crippen molar-refractivity contribution in [3.63, 3.8) is 0 Å². The van der Waals surface area contributed by atoms with Crippen LogP contribution in [-0.2, 0) is 9.53 Å². The van der Waals surface area contributed by atoms with Crippen LogP contribution < -0.4 is 0 Å². The molecule has 0 aromatic carbocycles. The molecule has 7 heteroatoms. The van der Waals surface area contributed by atoms with Gasteiger partial charge in [0.15, 0.2) is 12.4 Å². The third-order valence-electron chi connectivity index (χ3n) is 6.16. The molecule has 5 rings (SSSR count). The standard InChI is InChI=1S/C19H21F2NO3S/c20-18(21)26-16-14(2-1-3-22-16)17(24)25-10-15(23)19-7-11-4-12(8-19)6-13(5-11)9-19/h1-3,11-13,18H,4-10H2. The van der Waals surface area contributed by atoms with E-state index in [4.69, 9.17) is 4.74 Å². The molecule has 0 radical (unpaired) electrons. The predicted molar refractivity (Wildman–Crippen MR) is 92.0 cm³/mol. The lowest BCUT2D eigenvalue weighted by molar-refractivity contribution is -0.147. The Hall–Kier alpha value is -1.50. The summed E-state index contributed by atoms with van der Waals surface area (Å²) in [6, 6.07) is 2.89. The van der Waals surface area contributed by atoms with Crippen molar-refractivity contribution < 1.29 is 23.1 Å².